The molecule has 1 aliphatic heterocycles. The first-order valence-corrected chi connectivity index (χ1v) is 12.7. The summed E-state index contributed by atoms with van der Waals surface area (Å²) in [4.78, 5) is 28.0. The molecule has 1 aliphatic carbocycles. The van der Waals surface area contributed by atoms with Crippen LogP contribution in [0.3, 0.4) is 0 Å². The van der Waals surface area contributed by atoms with Crippen molar-refractivity contribution in [3.63, 3.8) is 0 Å². The zero-order valence-electron chi connectivity index (χ0n) is 21.1. The highest BCUT2D eigenvalue weighted by molar-refractivity contribution is 5.94. The van der Waals surface area contributed by atoms with E-state index in [0.717, 1.165) is 66.5 Å². The minimum Gasteiger partial charge on any atom is -0.478 e. The minimum atomic E-state index is -0.961. The van der Waals surface area contributed by atoms with Gasteiger partial charge in [0.25, 0.3) is 5.56 Å². The van der Waals surface area contributed by atoms with Crippen molar-refractivity contribution in [1.82, 2.24) is 4.57 Å². The van der Waals surface area contributed by atoms with Crippen LogP contribution in [0.5, 0.6) is 0 Å². The Balaban J connectivity index is 1.62. The molecule has 1 unspecified atom stereocenters. The van der Waals surface area contributed by atoms with Gasteiger partial charge in [-0.1, -0.05) is 32.0 Å². The first-order valence-electron chi connectivity index (χ1n) is 12.7. The SMILES string of the molecule is Cc1cc(C(C)Nc2ccccc2C(=O)O)c2cc(N3CCC(C)(C)CC3)n(C3CC3)c(=O)c2c1. The molecule has 1 atom stereocenters. The quantitative estimate of drug-likeness (QED) is 0.450. The smallest absolute Gasteiger partial charge is 0.337 e. The lowest BCUT2D eigenvalue weighted by Crippen LogP contribution is -2.40. The van der Waals surface area contributed by atoms with Gasteiger partial charge in [-0.2, -0.15) is 0 Å². The molecule has 2 N–H and O–H groups in total. The Morgan fingerprint density at radius 3 is 2.43 bits per heavy atom. The molecule has 0 bridgehead atoms. The van der Waals surface area contributed by atoms with Crippen LogP contribution in [0.4, 0.5) is 11.5 Å². The number of fused-ring (bicyclic) bond motifs is 1. The lowest BCUT2D eigenvalue weighted by atomic mass is 9.82. The summed E-state index contributed by atoms with van der Waals surface area (Å²) in [6.45, 7) is 10.6. The number of aromatic nitrogens is 1. The number of para-hydroxylation sites is 1. The highest BCUT2D eigenvalue weighted by Gasteiger charge is 2.32. The number of anilines is 2. The maximum Gasteiger partial charge on any atom is 0.337 e. The Hall–Kier alpha value is -3.28. The maximum absolute atomic E-state index is 13.9. The molecule has 6 nitrogen and oxygen atoms in total. The number of nitrogens with zero attached hydrogens (tertiary/aromatic N) is 2. The van der Waals surface area contributed by atoms with Crippen molar-refractivity contribution in [2.24, 2.45) is 5.41 Å². The van der Waals surface area contributed by atoms with Gasteiger partial charge in [-0.05, 0) is 85.7 Å². The van der Waals surface area contributed by atoms with Gasteiger partial charge in [-0.25, -0.2) is 4.79 Å². The molecule has 2 aromatic carbocycles. The third-order valence-corrected chi connectivity index (χ3v) is 7.67. The topological polar surface area (TPSA) is 74.6 Å². The summed E-state index contributed by atoms with van der Waals surface area (Å²) in [5.74, 6) is 0.0702. The molecule has 35 heavy (non-hydrogen) atoms. The molecule has 0 amide bonds. The van der Waals surface area contributed by atoms with Gasteiger partial charge >= 0.3 is 5.97 Å². The van der Waals surface area contributed by atoms with Gasteiger partial charge in [-0.3, -0.25) is 9.36 Å². The van der Waals surface area contributed by atoms with E-state index in [0.29, 0.717) is 17.1 Å². The predicted molar refractivity (Wildman–Crippen MR) is 142 cm³/mol. The van der Waals surface area contributed by atoms with Crippen LogP contribution in [0.2, 0.25) is 0 Å². The average Bonchev–Trinajstić information content (AvgIpc) is 3.64. The molecular formula is C29H35N3O3. The van der Waals surface area contributed by atoms with Gasteiger partial charge in [0.05, 0.1) is 5.56 Å². The third-order valence-electron chi connectivity index (χ3n) is 7.67. The highest BCUT2D eigenvalue weighted by Crippen LogP contribution is 2.41. The van der Waals surface area contributed by atoms with Crippen molar-refractivity contribution < 1.29 is 9.90 Å². The third kappa shape index (κ3) is 4.54. The second-order valence-electron chi connectivity index (χ2n) is 11.1. The summed E-state index contributed by atoms with van der Waals surface area (Å²) in [5, 5.41) is 14.7. The van der Waals surface area contributed by atoms with Gasteiger partial charge in [-0.15, -0.1) is 0 Å². The number of pyridine rings is 1. The second-order valence-corrected chi connectivity index (χ2v) is 11.1. The van der Waals surface area contributed by atoms with Crippen LogP contribution < -0.4 is 15.8 Å². The number of carboxylic acid groups (broad SMARTS) is 1. The highest BCUT2D eigenvalue weighted by atomic mass is 16.4. The van der Waals surface area contributed by atoms with Crippen molar-refractivity contribution in [1.29, 1.82) is 0 Å². The number of carboxylic acids is 1. The Kier molecular flexibility index (Phi) is 5.86. The van der Waals surface area contributed by atoms with Crippen molar-refractivity contribution in [2.75, 3.05) is 23.3 Å². The largest absolute Gasteiger partial charge is 0.478 e. The Bertz CT molecular complexity index is 1340. The molecule has 2 heterocycles. The molecule has 5 rings (SSSR count). The lowest BCUT2D eigenvalue weighted by molar-refractivity contribution is 0.0698. The van der Waals surface area contributed by atoms with E-state index in [1.807, 2.05) is 30.5 Å². The van der Waals surface area contributed by atoms with Gasteiger partial charge < -0.3 is 15.3 Å². The summed E-state index contributed by atoms with van der Waals surface area (Å²) in [7, 11) is 0. The summed E-state index contributed by atoms with van der Waals surface area (Å²) >= 11 is 0. The van der Waals surface area contributed by atoms with Gasteiger partial charge in [0.15, 0.2) is 0 Å². The van der Waals surface area contributed by atoms with Gasteiger partial charge in [0.2, 0.25) is 0 Å². The fourth-order valence-corrected chi connectivity index (χ4v) is 5.33. The molecule has 3 aromatic rings. The number of aryl methyl sites for hydroxylation is 1. The van der Waals surface area contributed by atoms with Gasteiger partial charge in [0.1, 0.15) is 5.82 Å². The van der Waals surface area contributed by atoms with Crippen molar-refractivity contribution >= 4 is 28.2 Å². The summed E-state index contributed by atoms with van der Waals surface area (Å²) in [6.07, 6.45) is 4.32. The van der Waals surface area contributed by atoms with E-state index in [1.165, 1.54) is 0 Å². The lowest BCUT2D eigenvalue weighted by Gasteiger charge is -2.39. The van der Waals surface area contributed by atoms with Crippen LogP contribution >= 0.6 is 0 Å². The molecule has 184 valence electrons. The van der Waals surface area contributed by atoms with Crippen LogP contribution in [0, 0.1) is 12.3 Å². The first-order chi connectivity index (χ1) is 16.6. The molecule has 6 heteroatoms. The van der Waals surface area contributed by atoms with Crippen LogP contribution in [-0.2, 0) is 0 Å². The predicted octanol–water partition coefficient (Wildman–Crippen LogP) is 6.14. The summed E-state index contributed by atoms with van der Waals surface area (Å²) in [5.41, 5.74) is 3.28. The Morgan fingerprint density at radius 2 is 1.77 bits per heavy atom. The molecule has 0 radical (unpaired) electrons. The Morgan fingerprint density at radius 1 is 1.09 bits per heavy atom. The standard InChI is InChI=1S/C29H35N3O3/c1-18-15-22(19(2)30-25-8-6-5-7-21(25)28(34)35)23-17-26(31-13-11-29(3,4)12-14-31)32(20-9-10-20)27(33)24(23)16-18/h5-8,15-17,19-20,30H,9-14H2,1-4H3,(H,34,35). The van der Waals surface area contributed by atoms with Crippen molar-refractivity contribution in [2.45, 2.75) is 65.5 Å². The molecular weight excluding hydrogens is 438 g/mol. The number of carbonyl (C=O) groups is 1. The number of hydrogen-bond acceptors (Lipinski definition) is 4. The number of benzene rings is 2. The van der Waals surface area contributed by atoms with E-state index in [-0.39, 0.29) is 17.2 Å². The molecule has 2 fully saturated rings. The van der Waals surface area contributed by atoms with Crippen LogP contribution in [0.1, 0.15) is 80.0 Å². The minimum absolute atomic E-state index is 0.0907. The molecule has 1 saturated carbocycles. The average molecular weight is 474 g/mol. The number of piperidine rings is 1. The summed E-state index contributed by atoms with van der Waals surface area (Å²) in [6, 6.07) is 13.4. The van der Waals surface area contributed by atoms with E-state index in [1.54, 1.807) is 18.2 Å². The number of aromatic carboxylic acids is 1. The van der Waals surface area contributed by atoms with E-state index in [4.69, 9.17) is 0 Å². The monoisotopic (exact) mass is 473 g/mol. The van der Waals surface area contributed by atoms with E-state index in [2.05, 4.69) is 36.2 Å². The molecule has 0 spiro atoms. The van der Waals surface area contributed by atoms with Crippen molar-refractivity contribution in [3.05, 3.63) is 69.5 Å². The van der Waals surface area contributed by atoms with E-state index < -0.39 is 5.97 Å². The number of hydrogen-bond donors (Lipinski definition) is 2. The van der Waals surface area contributed by atoms with E-state index >= 15 is 0 Å². The second kappa shape index (κ2) is 8.74. The maximum atomic E-state index is 13.9. The van der Waals surface area contributed by atoms with Crippen molar-refractivity contribution in [3.8, 4) is 0 Å². The number of rotatable bonds is 6. The first kappa shape index (κ1) is 23.5. The fourth-order valence-electron chi connectivity index (χ4n) is 5.33. The number of nitrogens with one attached hydrogen (secondary N) is 1. The summed E-state index contributed by atoms with van der Waals surface area (Å²) < 4.78 is 2.04. The van der Waals surface area contributed by atoms with E-state index in [9.17, 15) is 14.7 Å². The molecule has 2 aliphatic rings. The zero-order chi connectivity index (χ0) is 24.9. The Labute approximate surface area is 206 Å². The van der Waals surface area contributed by atoms with Gasteiger partial charge in [0, 0.05) is 36.2 Å². The van der Waals surface area contributed by atoms with Crippen LogP contribution in [-0.4, -0.2) is 28.7 Å². The van der Waals surface area contributed by atoms with Crippen LogP contribution in [0.15, 0.2) is 47.3 Å². The fraction of sp³-hybridized carbons (Fsp3) is 0.448. The molecule has 1 saturated heterocycles. The zero-order valence-corrected chi connectivity index (χ0v) is 21.1. The normalized spacial score (nSPS) is 18.5. The van der Waals surface area contributed by atoms with Crippen LogP contribution in [0.25, 0.3) is 10.8 Å². The molecule has 1 aromatic heterocycles.